The Morgan fingerprint density at radius 1 is 1.17 bits per heavy atom. The fraction of sp³-hybridized carbons (Fsp3) is 0.471. The predicted octanol–water partition coefficient (Wildman–Crippen LogP) is 0.994. The lowest BCUT2D eigenvalue weighted by molar-refractivity contribution is -0.136. The maximum absolute atomic E-state index is 12.2. The van der Waals surface area contributed by atoms with Crippen LogP contribution in [0.2, 0.25) is 0 Å². The molecule has 1 fully saturated rings. The number of hydrogen-bond acceptors (Lipinski definition) is 3. The maximum atomic E-state index is 12.2. The molecule has 0 radical (unpaired) electrons. The van der Waals surface area contributed by atoms with Gasteiger partial charge in [-0.1, -0.05) is 30.3 Å². The quantitative estimate of drug-likeness (QED) is 0.693. The smallest absolute Gasteiger partial charge is 0.315 e. The summed E-state index contributed by atoms with van der Waals surface area (Å²) in [7, 11) is 0. The number of nitrogens with zero attached hydrogens (tertiary/aromatic N) is 1. The summed E-state index contributed by atoms with van der Waals surface area (Å²) in [5, 5.41) is 13.8. The van der Waals surface area contributed by atoms with E-state index in [9.17, 15) is 14.4 Å². The Kier molecular flexibility index (Phi) is 6.60. The molecule has 1 aromatic rings. The summed E-state index contributed by atoms with van der Waals surface area (Å²) >= 11 is 0. The zero-order chi connectivity index (χ0) is 17.4. The van der Waals surface area contributed by atoms with E-state index in [1.165, 1.54) is 0 Å². The van der Waals surface area contributed by atoms with Crippen LogP contribution in [-0.4, -0.2) is 53.6 Å². The fourth-order valence-electron chi connectivity index (χ4n) is 2.68. The van der Waals surface area contributed by atoms with Crippen molar-refractivity contribution in [3.63, 3.8) is 0 Å². The summed E-state index contributed by atoms with van der Waals surface area (Å²) in [4.78, 5) is 36.0. The average Bonchev–Trinajstić information content (AvgIpc) is 3.01. The fourth-order valence-corrected chi connectivity index (χ4v) is 2.68. The summed E-state index contributed by atoms with van der Waals surface area (Å²) in [5.41, 5.74) is 1.14. The van der Waals surface area contributed by atoms with E-state index in [1.807, 2.05) is 30.3 Å². The molecule has 0 aromatic heterocycles. The highest BCUT2D eigenvalue weighted by Gasteiger charge is 2.26. The molecule has 1 aliphatic heterocycles. The van der Waals surface area contributed by atoms with Crippen LogP contribution in [0.25, 0.3) is 0 Å². The molecule has 7 nitrogen and oxygen atoms in total. The molecule has 0 spiro atoms. The molecule has 0 saturated carbocycles. The Hall–Kier alpha value is -2.57. The van der Waals surface area contributed by atoms with Gasteiger partial charge in [-0.05, 0) is 18.4 Å². The van der Waals surface area contributed by atoms with Gasteiger partial charge >= 0.3 is 12.0 Å². The molecule has 24 heavy (non-hydrogen) atoms. The first kappa shape index (κ1) is 17.8. The largest absolute Gasteiger partial charge is 0.481 e. The van der Waals surface area contributed by atoms with Crippen LogP contribution < -0.4 is 10.6 Å². The minimum Gasteiger partial charge on any atom is -0.481 e. The Morgan fingerprint density at radius 3 is 2.62 bits per heavy atom. The Morgan fingerprint density at radius 2 is 1.92 bits per heavy atom. The van der Waals surface area contributed by atoms with Crippen LogP contribution in [0.5, 0.6) is 0 Å². The minimum atomic E-state index is -0.952. The number of aryl methyl sites for hydroxylation is 1. The van der Waals surface area contributed by atoms with Gasteiger partial charge < -0.3 is 20.6 Å². The first-order valence-electron chi connectivity index (χ1n) is 8.12. The molecule has 1 saturated heterocycles. The second kappa shape index (κ2) is 8.90. The van der Waals surface area contributed by atoms with E-state index in [4.69, 9.17) is 5.11 Å². The van der Waals surface area contributed by atoms with Gasteiger partial charge in [0.05, 0.1) is 6.42 Å². The molecular formula is C17H23N3O4. The lowest BCUT2D eigenvalue weighted by atomic mass is 10.1. The van der Waals surface area contributed by atoms with Crippen LogP contribution in [0, 0.1) is 0 Å². The molecule has 1 unspecified atom stereocenters. The van der Waals surface area contributed by atoms with E-state index in [1.54, 1.807) is 4.90 Å². The van der Waals surface area contributed by atoms with Crippen LogP contribution in [0.15, 0.2) is 30.3 Å². The second-order valence-corrected chi connectivity index (χ2v) is 5.85. The highest BCUT2D eigenvalue weighted by molar-refractivity contribution is 5.78. The normalized spacial score (nSPS) is 16.7. The maximum Gasteiger partial charge on any atom is 0.315 e. The van der Waals surface area contributed by atoms with E-state index in [-0.39, 0.29) is 30.9 Å². The van der Waals surface area contributed by atoms with Crippen molar-refractivity contribution in [3.05, 3.63) is 35.9 Å². The number of benzene rings is 1. The van der Waals surface area contributed by atoms with E-state index in [0.29, 0.717) is 32.4 Å². The van der Waals surface area contributed by atoms with Crippen LogP contribution >= 0.6 is 0 Å². The van der Waals surface area contributed by atoms with Crippen molar-refractivity contribution in [2.45, 2.75) is 31.7 Å². The number of hydrogen-bond donors (Lipinski definition) is 3. The molecule has 130 valence electrons. The zero-order valence-corrected chi connectivity index (χ0v) is 13.5. The van der Waals surface area contributed by atoms with Gasteiger partial charge in [-0.2, -0.15) is 0 Å². The van der Waals surface area contributed by atoms with Gasteiger partial charge in [0.25, 0.3) is 0 Å². The van der Waals surface area contributed by atoms with Gasteiger partial charge in [-0.25, -0.2) is 4.79 Å². The highest BCUT2D eigenvalue weighted by Crippen LogP contribution is 2.12. The zero-order valence-electron chi connectivity index (χ0n) is 13.5. The summed E-state index contributed by atoms with van der Waals surface area (Å²) in [6, 6.07) is 9.39. The van der Waals surface area contributed by atoms with Gasteiger partial charge in [0, 0.05) is 32.1 Å². The number of amides is 3. The van der Waals surface area contributed by atoms with Crippen molar-refractivity contribution in [2.75, 3.05) is 19.6 Å². The summed E-state index contributed by atoms with van der Waals surface area (Å²) in [6.07, 6.45) is 1.77. The monoisotopic (exact) mass is 333 g/mol. The van der Waals surface area contributed by atoms with Gasteiger partial charge in [-0.15, -0.1) is 0 Å². The molecule has 3 N–H and O–H groups in total. The van der Waals surface area contributed by atoms with E-state index >= 15 is 0 Å². The number of carbonyl (C=O) groups excluding carboxylic acids is 2. The Bertz CT molecular complexity index is 576. The van der Waals surface area contributed by atoms with Gasteiger partial charge in [-0.3, -0.25) is 9.59 Å². The third-order valence-electron chi connectivity index (χ3n) is 3.97. The molecule has 1 heterocycles. The number of rotatable bonds is 7. The van der Waals surface area contributed by atoms with Crippen LogP contribution in [0.1, 0.15) is 24.8 Å². The molecule has 0 aliphatic carbocycles. The summed E-state index contributed by atoms with van der Waals surface area (Å²) in [5.74, 6) is -0.860. The summed E-state index contributed by atoms with van der Waals surface area (Å²) in [6.45, 7) is 1.22. The molecule has 1 atom stereocenters. The van der Waals surface area contributed by atoms with Crippen molar-refractivity contribution in [3.8, 4) is 0 Å². The van der Waals surface area contributed by atoms with E-state index < -0.39 is 5.97 Å². The Balaban J connectivity index is 1.67. The topological polar surface area (TPSA) is 98.7 Å². The minimum absolute atomic E-state index is 0.0875. The number of likely N-dealkylation sites (tertiary alicyclic amines) is 1. The van der Waals surface area contributed by atoms with Crippen molar-refractivity contribution in [1.82, 2.24) is 15.5 Å². The second-order valence-electron chi connectivity index (χ2n) is 5.85. The predicted molar refractivity (Wildman–Crippen MR) is 88.5 cm³/mol. The average molecular weight is 333 g/mol. The molecule has 2 rings (SSSR count). The lowest BCUT2D eigenvalue weighted by Gasteiger charge is -2.17. The molecule has 1 aliphatic rings. The van der Waals surface area contributed by atoms with Crippen molar-refractivity contribution < 1.29 is 19.5 Å². The standard InChI is InChI=1S/C17H23N3O4/c21-15(7-6-13-4-2-1-3-5-13)20-11-9-14(12-20)19-17(24)18-10-8-16(22)23/h1-5,14H,6-12H2,(H,22,23)(H2,18,19,24). The number of urea groups is 1. The number of nitrogens with one attached hydrogen (secondary N) is 2. The van der Waals surface area contributed by atoms with Crippen molar-refractivity contribution in [1.29, 1.82) is 0 Å². The number of carboxylic acids is 1. The lowest BCUT2D eigenvalue weighted by Crippen LogP contribution is -2.44. The van der Waals surface area contributed by atoms with Gasteiger partial charge in [0.1, 0.15) is 0 Å². The first-order valence-corrected chi connectivity index (χ1v) is 8.12. The van der Waals surface area contributed by atoms with Crippen molar-refractivity contribution >= 4 is 17.9 Å². The summed E-state index contributed by atoms with van der Waals surface area (Å²) < 4.78 is 0. The van der Waals surface area contributed by atoms with Crippen LogP contribution in [0.4, 0.5) is 4.79 Å². The van der Waals surface area contributed by atoms with E-state index in [2.05, 4.69) is 10.6 Å². The van der Waals surface area contributed by atoms with Crippen molar-refractivity contribution in [2.24, 2.45) is 0 Å². The molecule has 0 bridgehead atoms. The third kappa shape index (κ3) is 5.91. The SMILES string of the molecule is O=C(O)CCNC(=O)NC1CCN(C(=O)CCc2ccccc2)C1. The van der Waals surface area contributed by atoms with Crippen LogP contribution in [-0.2, 0) is 16.0 Å². The molecule has 1 aromatic carbocycles. The Labute approximate surface area is 141 Å². The number of carboxylic acid groups (broad SMARTS) is 1. The number of aliphatic carboxylic acids is 1. The molecule has 7 heteroatoms. The van der Waals surface area contributed by atoms with Gasteiger partial charge in [0.2, 0.25) is 5.91 Å². The highest BCUT2D eigenvalue weighted by atomic mass is 16.4. The van der Waals surface area contributed by atoms with Crippen LogP contribution in [0.3, 0.4) is 0 Å². The van der Waals surface area contributed by atoms with E-state index in [0.717, 1.165) is 5.56 Å². The molecular weight excluding hydrogens is 310 g/mol. The molecule has 3 amide bonds. The number of carbonyl (C=O) groups is 3. The third-order valence-corrected chi connectivity index (χ3v) is 3.97. The van der Waals surface area contributed by atoms with Gasteiger partial charge in [0.15, 0.2) is 0 Å². The first-order chi connectivity index (χ1) is 11.5.